The first-order valence-electron chi connectivity index (χ1n) is 16.3. The van der Waals surface area contributed by atoms with E-state index < -0.39 is 6.29 Å². The van der Waals surface area contributed by atoms with Crippen LogP contribution in [0.2, 0.25) is 0 Å². The molecule has 3 N–H and O–H groups in total. The van der Waals surface area contributed by atoms with Gasteiger partial charge in [0.2, 0.25) is 5.91 Å². The standard InChI is InChI=1S/C40H39N3O5S/c1-26-37(25-49-35-19-17-34(18-20-35)43-27(2)45)47-40(48-38(26)30-11-9-28(24-44)10-12-30)31-15-13-29(14-16-31)36-8-4-3-6-32(36)23-42-39(46)33-7-5-21-41-22-33/h3-22,26,37-38,40,44H,23-25H2,1-2H3,(H,42,46)(H,43,45)/t26-,37+,38+,40+/m0/s1. The molecule has 4 atom stereocenters. The molecule has 2 amide bonds. The van der Waals surface area contributed by atoms with Crippen LogP contribution in [0.25, 0.3) is 11.1 Å². The summed E-state index contributed by atoms with van der Waals surface area (Å²) in [6, 6.07) is 35.4. The van der Waals surface area contributed by atoms with E-state index in [1.165, 1.54) is 6.92 Å². The van der Waals surface area contributed by atoms with Crippen LogP contribution < -0.4 is 10.6 Å². The number of hydrogen-bond donors (Lipinski definition) is 3. The molecule has 4 aromatic carbocycles. The van der Waals surface area contributed by atoms with Gasteiger partial charge in [0, 0.05) is 53.7 Å². The van der Waals surface area contributed by atoms with E-state index in [-0.39, 0.29) is 36.5 Å². The van der Waals surface area contributed by atoms with Crippen LogP contribution in [0, 0.1) is 5.92 Å². The van der Waals surface area contributed by atoms with Crippen LogP contribution in [-0.4, -0.2) is 33.8 Å². The highest BCUT2D eigenvalue weighted by Gasteiger charge is 2.38. The Balaban J connectivity index is 1.19. The van der Waals surface area contributed by atoms with Crippen molar-refractivity contribution in [3.8, 4) is 11.1 Å². The maximum atomic E-state index is 12.7. The molecule has 0 saturated carbocycles. The van der Waals surface area contributed by atoms with Gasteiger partial charge in [-0.05, 0) is 64.2 Å². The molecule has 1 aliphatic heterocycles. The number of amides is 2. The molecule has 1 fully saturated rings. The number of hydrogen-bond acceptors (Lipinski definition) is 7. The Hall–Kier alpha value is -4.80. The quantitative estimate of drug-likeness (QED) is 0.123. The van der Waals surface area contributed by atoms with Crippen LogP contribution in [0.5, 0.6) is 0 Å². The minimum Gasteiger partial charge on any atom is -0.392 e. The number of nitrogens with one attached hydrogen (secondary N) is 2. The van der Waals surface area contributed by atoms with E-state index in [2.05, 4.69) is 40.7 Å². The number of carbonyl (C=O) groups excluding carboxylic acids is 2. The van der Waals surface area contributed by atoms with Gasteiger partial charge in [0.05, 0.1) is 24.4 Å². The van der Waals surface area contributed by atoms with Gasteiger partial charge in [-0.1, -0.05) is 79.7 Å². The minimum absolute atomic E-state index is 0.0144. The van der Waals surface area contributed by atoms with Crippen LogP contribution in [0.15, 0.2) is 126 Å². The third-order valence-electron chi connectivity index (χ3n) is 8.59. The zero-order chi connectivity index (χ0) is 34.2. The van der Waals surface area contributed by atoms with Crippen LogP contribution in [0.4, 0.5) is 5.69 Å². The number of pyridine rings is 1. The number of anilines is 1. The van der Waals surface area contributed by atoms with Gasteiger partial charge in [0.25, 0.3) is 5.91 Å². The Labute approximate surface area is 290 Å². The molecule has 2 heterocycles. The molecule has 5 aromatic rings. The lowest BCUT2D eigenvalue weighted by Crippen LogP contribution is -2.38. The molecule has 9 heteroatoms. The Morgan fingerprint density at radius 1 is 0.857 bits per heavy atom. The van der Waals surface area contributed by atoms with Gasteiger partial charge in [-0.25, -0.2) is 0 Å². The van der Waals surface area contributed by atoms with Crippen LogP contribution in [-0.2, 0) is 27.4 Å². The Morgan fingerprint density at radius 3 is 2.29 bits per heavy atom. The molecule has 0 aliphatic carbocycles. The maximum absolute atomic E-state index is 12.7. The summed E-state index contributed by atoms with van der Waals surface area (Å²) < 4.78 is 13.3. The number of benzene rings is 4. The highest BCUT2D eigenvalue weighted by molar-refractivity contribution is 7.99. The summed E-state index contributed by atoms with van der Waals surface area (Å²) in [5.74, 6) is 0.489. The summed E-state index contributed by atoms with van der Waals surface area (Å²) in [5, 5.41) is 15.4. The summed E-state index contributed by atoms with van der Waals surface area (Å²) in [6.07, 6.45) is 2.27. The lowest BCUT2D eigenvalue weighted by molar-refractivity contribution is -0.268. The molecule has 0 spiro atoms. The fourth-order valence-corrected chi connectivity index (χ4v) is 6.94. The molecular formula is C40H39N3O5S. The lowest BCUT2D eigenvalue weighted by Gasteiger charge is -2.41. The normalized spacial score (nSPS) is 18.8. The maximum Gasteiger partial charge on any atom is 0.253 e. The SMILES string of the molecule is CC(=O)Nc1ccc(SC[C@H]2O[C@@H](c3ccc(-c4ccccc4CNC(=O)c4cccnc4)cc3)O[C@@H](c3ccc(CO)cc3)[C@H]2C)cc1. The monoisotopic (exact) mass is 673 g/mol. The van der Waals surface area contributed by atoms with Crippen molar-refractivity contribution in [3.63, 3.8) is 0 Å². The van der Waals surface area contributed by atoms with Crippen molar-refractivity contribution in [2.24, 2.45) is 5.92 Å². The fourth-order valence-electron chi connectivity index (χ4n) is 5.88. The van der Waals surface area contributed by atoms with Gasteiger partial charge in [0.1, 0.15) is 0 Å². The number of rotatable bonds is 11. The Morgan fingerprint density at radius 2 is 1.59 bits per heavy atom. The molecule has 49 heavy (non-hydrogen) atoms. The zero-order valence-electron chi connectivity index (χ0n) is 27.4. The number of carbonyl (C=O) groups is 2. The first-order valence-corrected chi connectivity index (χ1v) is 17.2. The highest BCUT2D eigenvalue weighted by atomic mass is 32.2. The van der Waals surface area contributed by atoms with E-state index in [4.69, 9.17) is 9.47 Å². The van der Waals surface area contributed by atoms with Crippen molar-refractivity contribution >= 4 is 29.3 Å². The van der Waals surface area contributed by atoms with E-state index in [9.17, 15) is 14.7 Å². The minimum atomic E-state index is -0.588. The largest absolute Gasteiger partial charge is 0.392 e. The van der Waals surface area contributed by atoms with Crippen molar-refractivity contribution < 1.29 is 24.2 Å². The third-order valence-corrected chi connectivity index (χ3v) is 9.69. The van der Waals surface area contributed by atoms with Crippen molar-refractivity contribution in [3.05, 3.63) is 149 Å². The Kier molecular flexibility index (Phi) is 11.2. The van der Waals surface area contributed by atoms with Gasteiger partial charge in [-0.3, -0.25) is 14.6 Å². The van der Waals surface area contributed by atoms with Crippen molar-refractivity contribution in [2.75, 3.05) is 11.1 Å². The molecule has 0 unspecified atom stereocenters. The smallest absolute Gasteiger partial charge is 0.253 e. The van der Waals surface area contributed by atoms with Crippen molar-refractivity contribution in [1.82, 2.24) is 10.3 Å². The second-order valence-electron chi connectivity index (χ2n) is 12.0. The number of aromatic nitrogens is 1. The zero-order valence-corrected chi connectivity index (χ0v) is 28.2. The second kappa shape index (κ2) is 16.1. The lowest BCUT2D eigenvalue weighted by atomic mass is 9.91. The predicted molar refractivity (Wildman–Crippen MR) is 192 cm³/mol. The first kappa shape index (κ1) is 34.1. The topological polar surface area (TPSA) is 110 Å². The number of nitrogens with zero attached hydrogens (tertiary/aromatic N) is 1. The molecule has 1 aliphatic rings. The summed E-state index contributed by atoms with van der Waals surface area (Å²) in [6.45, 7) is 4.01. The van der Waals surface area contributed by atoms with Crippen molar-refractivity contribution in [2.45, 2.75) is 50.4 Å². The fraction of sp³-hybridized carbons (Fsp3) is 0.225. The van der Waals surface area contributed by atoms with E-state index in [0.717, 1.165) is 44.0 Å². The number of aliphatic hydroxyl groups excluding tert-OH is 1. The summed E-state index contributed by atoms with van der Waals surface area (Å²) >= 11 is 1.71. The predicted octanol–water partition coefficient (Wildman–Crippen LogP) is 7.71. The van der Waals surface area contributed by atoms with E-state index in [1.807, 2.05) is 78.9 Å². The van der Waals surface area contributed by atoms with E-state index >= 15 is 0 Å². The number of aliphatic hydroxyl groups is 1. The Bertz CT molecular complexity index is 1850. The van der Waals surface area contributed by atoms with Gasteiger partial charge < -0.3 is 25.2 Å². The molecule has 8 nitrogen and oxygen atoms in total. The first-order chi connectivity index (χ1) is 23.9. The molecule has 6 rings (SSSR count). The van der Waals surface area contributed by atoms with Crippen molar-refractivity contribution in [1.29, 1.82) is 0 Å². The van der Waals surface area contributed by atoms with Crippen LogP contribution in [0.3, 0.4) is 0 Å². The molecule has 1 aromatic heterocycles. The second-order valence-corrected chi connectivity index (χ2v) is 13.1. The number of thioether (sulfide) groups is 1. The average molecular weight is 674 g/mol. The molecule has 0 radical (unpaired) electrons. The third kappa shape index (κ3) is 8.63. The van der Waals surface area contributed by atoms with Gasteiger partial charge in [0.15, 0.2) is 6.29 Å². The van der Waals surface area contributed by atoms with Crippen LogP contribution >= 0.6 is 11.8 Å². The summed E-state index contributed by atoms with van der Waals surface area (Å²) in [5.41, 5.74) is 7.12. The molecule has 1 saturated heterocycles. The average Bonchev–Trinajstić information content (AvgIpc) is 3.14. The molecule has 250 valence electrons. The van der Waals surface area contributed by atoms with E-state index in [0.29, 0.717) is 17.9 Å². The highest BCUT2D eigenvalue weighted by Crippen LogP contribution is 2.43. The van der Waals surface area contributed by atoms with E-state index in [1.54, 1.807) is 36.3 Å². The molecule has 0 bridgehead atoms. The van der Waals surface area contributed by atoms with Gasteiger partial charge >= 0.3 is 0 Å². The van der Waals surface area contributed by atoms with Gasteiger partial charge in [-0.2, -0.15) is 0 Å². The van der Waals surface area contributed by atoms with Crippen LogP contribution in [0.1, 0.15) is 58.9 Å². The van der Waals surface area contributed by atoms with Gasteiger partial charge in [-0.15, -0.1) is 11.8 Å². The number of ether oxygens (including phenoxy) is 2. The summed E-state index contributed by atoms with van der Waals surface area (Å²) in [4.78, 5) is 29.2. The molecular weight excluding hydrogens is 635 g/mol. The summed E-state index contributed by atoms with van der Waals surface area (Å²) in [7, 11) is 0.